The summed E-state index contributed by atoms with van der Waals surface area (Å²) >= 11 is 5.81. The van der Waals surface area contributed by atoms with Gasteiger partial charge in [0, 0.05) is 47.2 Å². The fourth-order valence-corrected chi connectivity index (χ4v) is 5.15. The average molecular weight is 736 g/mol. The minimum absolute atomic E-state index is 0.0332. The van der Waals surface area contributed by atoms with E-state index < -0.39 is 106 Å². The number of aliphatic hydroxyl groups is 1. The number of hydrogen-bond acceptors (Lipinski definition) is 7. The van der Waals surface area contributed by atoms with Crippen molar-refractivity contribution >= 4 is 34.3 Å². The van der Waals surface area contributed by atoms with Gasteiger partial charge in [0.2, 0.25) is 17.3 Å². The zero-order valence-electron chi connectivity index (χ0n) is 25.7. The Labute approximate surface area is 282 Å². The Morgan fingerprint density at radius 2 is 1.82 bits per heavy atom. The Kier molecular flexibility index (Phi) is 9.90. The summed E-state index contributed by atoms with van der Waals surface area (Å²) in [6, 6.07) is 3.68. The molecule has 5 rings (SSSR count). The SMILES string of the molecule is CCOc1c(CC(N)=O)cc([C@@](O)(CNC(=O)c2cc(OCC(F)F)c3nn(C4(F)CC4)cc3c2)C(F)(F)F)nc1-c1cc(Cl)c(F)cc1F. The second kappa shape index (κ2) is 13.5. The topological polar surface area (TPSA) is 142 Å². The molecule has 0 spiro atoms. The van der Waals surface area contributed by atoms with Gasteiger partial charge in [-0.25, -0.2) is 31.6 Å². The predicted octanol–water partition coefficient (Wildman–Crippen LogP) is 5.70. The van der Waals surface area contributed by atoms with Crippen molar-refractivity contribution in [1.29, 1.82) is 0 Å². The highest BCUT2D eigenvalue weighted by molar-refractivity contribution is 6.31. The Hall–Kier alpha value is -4.71. The number of carbonyl (C=O) groups excluding carboxylic acids is 2. The van der Waals surface area contributed by atoms with E-state index in [1.165, 1.54) is 13.1 Å². The van der Waals surface area contributed by atoms with E-state index in [1.807, 2.05) is 5.32 Å². The van der Waals surface area contributed by atoms with Crippen molar-refractivity contribution in [3.8, 4) is 22.8 Å². The maximum absolute atomic E-state index is 15.0. The number of nitrogens with one attached hydrogen (secondary N) is 1. The van der Waals surface area contributed by atoms with E-state index >= 15 is 4.39 Å². The number of aromatic nitrogens is 3. The summed E-state index contributed by atoms with van der Waals surface area (Å²) in [6.07, 6.45) is -7.97. The van der Waals surface area contributed by atoms with Crippen molar-refractivity contribution in [2.24, 2.45) is 5.73 Å². The van der Waals surface area contributed by atoms with Crippen LogP contribution >= 0.6 is 11.6 Å². The van der Waals surface area contributed by atoms with Crippen molar-refractivity contribution in [3.63, 3.8) is 0 Å². The van der Waals surface area contributed by atoms with E-state index in [4.69, 9.17) is 26.8 Å². The van der Waals surface area contributed by atoms with Gasteiger partial charge in [-0.1, -0.05) is 11.6 Å². The van der Waals surface area contributed by atoms with Crippen LogP contribution in [-0.2, 0) is 22.6 Å². The lowest BCUT2D eigenvalue weighted by molar-refractivity contribution is -0.265. The minimum atomic E-state index is -5.61. The van der Waals surface area contributed by atoms with Gasteiger partial charge in [-0.05, 0) is 31.2 Å². The molecule has 1 fully saturated rings. The number of pyridine rings is 1. The van der Waals surface area contributed by atoms with E-state index in [9.17, 15) is 45.4 Å². The zero-order valence-corrected chi connectivity index (χ0v) is 26.4. The third-order valence-electron chi connectivity index (χ3n) is 7.64. The Balaban J connectivity index is 1.58. The monoisotopic (exact) mass is 735 g/mol. The first-order chi connectivity index (χ1) is 23.4. The molecule has 1 aliphatic carbocycles. The Morgan fingerprint density at radius 1 is 1.12 bits per heavy atom. The number of nitrogens with two attached hydrogens (primary N) is 1. The molecule has 0 bridgehead atoms. The van der Waals surface area contributed by atoms with Crippen LogP contribution in [0.4, 0.5) is 35.1 Å². The Morgan fingerprint density at radius 3 is 2.42 bits per heavy atom. The third-order valence-corrected chi connectivity index (χ3v) is 7.93. The number of benzene rings is 2. The maximum atomic E-state index is 15.0. The molecule has 2 amide bonds. The van der Waals surface area contributed by atoms with E-state index in [1.54, 1.807) is 0 Å². The first kappa shape index (κ1) is 36.6. The summed E-state index contributed by atoms with van der Waals surface area (Å²) in [5.74, 6) is -7.55. The van der Waals surface area contributed by atoms with Crippen molar-refractivity contribution in [2.75, 3.05) is 19.8 Å². The summed E-state index contributed by atoms with van der Waals surface area (Å²) in [6.45, 7) is -1.51. The lowest BCUT2D eigenvalue weighted by atomic mass is 9.93. The van der Waals surface area contributed by atoms with Gasteiger partial charge >= 0.3 is 6.18 Å². The first-order valence-corrected chi connectivity index (χ1v) is 15.1. The molecule has 19 heteroatoms. The molecule has 50 heavy (non-hydrogen) atoms. The number of ether oxygens (including phenoxy) is 2. The molecule has 4 N–H and O–H groups in total. The van der Waals surface area contributed by atoms with Crippen LogP contribution in [0.25, 0.3) is 22.2 Å². The van der Waals surface area contributed by atoms with Crippen LogP contribution in [0.2, 0.25) is 5.02 Å². The maximum Gasteiger partial charge on any atom is 0.424 e. The number of carbonyl (C=O) groups is 2. The van der Waals surface area contributed by atoms with E-state index in [2.05, 4.69) is 10.1 Å². The van der Waals surface area contributed by atoms with Crippen LogP contribution in [0.1, 0.15) is 41.4 Å². The molecule has 2 heterocycles. The fourth-order valence-electron chi connectivity index (χ4n) is 4.99. The quantitative estimate of drug-likeness (QED) is 0.118. The van der Waals surface area contributed by atoms with Crippen molar-refractivity contribution in [1.82, 2.24) is 20.1 Å². The summed E-state index contributed by atoms with van der Waals surface area (Å²) in [7, 11) is 0. The van der Waals surface area contributed by atoms with Crippen LogP contribution in [0.5, 0.6) is 11.5 Å². The molecule has 4 aromatic rings. The number of halogens is 9. The second-order valence-corrected chi connectivity index (χ2v) is 11.7. The molecule has 0 unspecified atom stereocenters. The number of fused-ring (bicyclic) bond motifs is 1. The van der Waals surface area contributed by atoms with Gasteiger partial charge in [-0.15, -0.1) is 0 Å². The average Bonchev–Trinajstić information content (AvgIpc) is 3.62. The largest absolute Gasteiger partial charge is 0.491 e. The molecule has 1 atom stereocenters. The molecule has 2 aromatic carbocycles. The van der Waals surface area contributed by atoms with E-state index in [0.717, 1.165) is 16.8 Å². The van der Waals surface area contributed by atoms with Gasteiger partial charge < -0.3 is 25.6 Å². The molecular weight excluding hydrogens is 710 g/mol. The van der Waals surface area contributed by atoms with Crippen LogP contribution < -0.4 is 20.5 Å². The molecule has 0 aliphatic heterocycles. The van der Waals surface area contributed by atoms with E-state index in [0.29, 0.717) is 18.2 Å². The zero-order chi connectivity index (χ0) is 36.8. The normalized spacial score (nSPS) is 15.2. The lowest BCUT2D eigenvalue weighted by Crippen LogP contribution is -2.51. The van der Waals surface area contributed by atoms with E-state index in [-0.39, 0.29) is 35.9 Å². The molecule has 268 valence electrons. The van der Waals surface area contributed by atoms with Crippen LogP contribution in [-0.4, -0.2) is 64.0 Å². The molecule has 0 radical (unpaired) electrons. The summed E-state index contributed by atoms with van der Waals surface area (Å²) < 4.78 is 125. The van der Waals surface area contributed by atoms with Crippen molar-refractivity contribution in [2.45, 2.75) is 50.2 Å². The second-order valence-electron chi connectivity index (χ2n) is 11.3. The number of alkyl halides is 6. The number of hydrogen-bond donors (Lipinski definition) is 3. The molecule has 1 saturated carbocycles. The number of primary amides is 1. The van der Waals surface area contributed by atoms with Crippen LogP contribution in [0.15, 0.2) is 36.5 Å². The number of nitrogens with zero attached hydrogens (tertiary/aromatic N) is 3. The summed E-state index contributed by atoms with van der Waals surface area (Å²) in [5, 5.41) is 16.5. The fraction of sp³-hybridized carbons (Fsp3) is 0.355. The number of amides is 2. The molecule has 0 saturated heterocycles. The lowest BCUT2D eigenvalue weighted by Gasteiger charge is -2.31. The van der Waals surface area contributed by atoms with Crippen LogP contribution in [0, 0.1) is 11.6 Å². The van der Waals surface area contributed by atoms with Gasteiger partial charge in [0.15, 0.2) is 0 Å². The number of rotatable bonds is 13. The summed E-state index contributed by atoms with van der Waals surface area (Å²) in [4.78, 5) is 29.0. The third kappa shape index (κ3) is 7.26. The molecule has 10 nitrogen and oxygen atoms in total. The summed E-state index contributed by atoms with van der Waals surface area (Å²) in [5.41, 5.74) is -2.29. The highest BCUT2D eigenvalue weighted by Crippen LogP contribution is 2.46. The highest BCUT2D eigenvalue weighted by Gasteiger charge is 2.57. The first-order valence-electron chi connectivity index (χ1n) is 14.7. The Bertz CT molecular complexity index is 1970. The van der Waals surface area contributed by atoms with Gasteiger partial charge in [-0.3, -0.25) is 9.59 Å². The van der Waals surface area contributed by atoms with Gasteiger partial charge in [0.25, 0.3) is 12.3 Å². The van der Waals surface area contributed by atoms with Crippen molar-refractivity contribution < 1.29 is 59.3 Å². The predicted molar refractivity (Wildman–Crippen MR) is 160 cm³/mol. The molecule has 1 aliphatic rings. The minimum Gasteiger partial charge on any atom is -0.491 e. The van der Waals surface area contributed by atoms with Gasteiger partial charge in [-0.2, -0.15) is 18.3 Å². The highest BCUT2D eigenvalue weighted by atomic mass is 35.5. The van der Waals surface area contributed by atoms with Crippen LogP contribution in [0.3, 0.4) is 0 Å². The van der Waals surface area contributed by atoms with Gasteiger partial charge in [0.1, 0.15) is 41.0 Å². The van der Waals surface area contributed by atoms with Crippen molar-refractivity contribution in [3.05, 3.63) is 70.0 Å². The molecule has 2 aromatic heterocycles. The van der Waals surface area contributed by atoms with Gasteiger partial charge in [0.05, 0.1) is 30.3 Å². The smallest absolute Gasteiger partial charge is 0.424 e. The molecular formula is C31H26ClF8N5O5. The standard InChI is InChI=1S/C31H26ClF8N5O5/c1-2-49-27-14(8-24(41)46)7-22(43-26(27)17-9-18(32)20(34)10-19(17)33)30(48,31(38,39)40)13-42-28(47)15-5-16-11-45(29(37)3-4-29)44-25(16)21(6-15)50-12-23(35)36/h5-7,9-11,23,48H,2-4,8,12-13H2,1H3,(H2,41,46)(H,42,47)/t30-/m0/s1.